The van der Waals surface area contributed by atoms with Gasteiger partial charge in [-0.2, -0.15) is 5.26 Å². The third kappa shape index (κ3) is 7.31. The summed E-state index contributed by atoms with van der Waals surface area (Å²) in [5.74, 6) is -1.74. The van der Waals surface area contributed by atoms with E-state index >= 15 is 4.39 Å². The van der Waals surface area contributed by atoms with E-state index in [9.17, 15) is 24.0 Å². The van der Waals surface area contributed by atoms with E-state index in [1.807, 2.05) is 6.07 Å². The number of carbonyl (C=O) groups excluding carboxylic acids is 5. The van der Waals surface area contributed by atoms with Gasteiger partial charge >= 0.3 is 0 Å². The minimum atomic E-state index is -1.17. The molecule has 3 atom stereocenters. The van der Waals surface area contributed by atoms with E-state index in [0.29, 0.717) is 53.6 Å². The largest absolute Gasteiger partial charge is 0.490 e. The monoisotopic (exact) mass is 837 g/mol. The lowest BCUT2D eigenvalue weighted by Gasteiger charge is -2.44. The van der Waals surface area contributed by atoms with Crippen LogP contribution in [0.3, 0.4) is 0 Å². The zero-order chi connectivity index (χ0) is 41.8. The first-order valence-electron chi connectivity index (χ1n) is 20.8. The topological polar surface area (TPSA) is 186 Å². The molecule has 0 unspecified atom stereocenters. The highest BCUT2D eigenvalue weighted by molar-refractivity contribution is 6.31. The number of hydrogen-bond acceptors (Lipinski definition) is 12. The first kappa shape index (κ1) is 39.8. The molecule has 15 nitrogen and oxygen atoms in total. The van der Waals surface area contributed by atoms with Crippen molar-refractivity contribution >= 4 is 52.6 Å². The zero-order valence-corrected chi connectivity index (χ0v) is 33.7. The van der Waals surface area contributed by atoms with E-state index in [2.05, 4.69) is 24.9 Å². The van der Waals surface area contributed by atoms with Gasteiger partial charge in [0.1, 0.15) is 23.7 Å². The van der Waals surface area contributed by atoms with Crippen LogP contribution in [-0.2, 0) is 9.59 Å². The molecule has 0 spiro atoms. The molecule has 2 N–H and O–H groups in total. The van der Waals surface area contributed by atoms with E-state index in [1.54, 1.807) is 30.3 Å². The Kier molecular flexibility index (Phi) is 10.7. The van der Waals surface area contributed by atoms with E-state index < -0.39 is 41.5 Å². The number of benzene rings is 2. The van der Waals surface area contributed by atoms with Gasteiger partial charge in [-0.3, -0.25) is 38.7 Å². The number of nitriles is 1. The maximum atomic E-state index is 16.1. The summed E-state index contributed by atoms with van der Waals surface area (Å²) >= 11 is 6.17. The summed E-state index contributed by atoms with van der Waals surface area (Å²) in [6, 6.07) is 11.4. The molecule has 5 amide bonds. The third-order valence-electron chi connectivity index (χ3n) is 13.3. The predicted molar refractivity (Wildman–Crippen MR) is 216 cm³/mol. The summed E-state index contributed by atoms with van der Waals surface area (Å²) in [5.41, 5.74) is 6.10. The van der Waals surface area contributed by atoms with Crippen molar-refractivity contribution in [3.63, 3.8) is 0 Å². The lowest BCUT2D eigenvalue weighted by Crippen LogP contribution is -2.59. The normalized spacial score (nSPS) is 26.1. The quantitative estimate of drug-likeness (QED) is 0.302. The fraction of sp³-hybridized carbons (Fsp3) is 0.488. The van der Waals surface area contributed by atoms with Crippen molar-refractivity contribution in [2.45, 2.75) is 94.5 Å². The standard InChI is InChI=1S/C43H45ClFN9O6/c44-33-17-30(6-1-25(33)20-46)60-29-7-4-26(5-8-29)53-39(55)12-10-36(43(53)59)54-41(57)31-18-34(45)37(19-32(31)42(54)58)52-27-2-3-28(52)23-50(22-27)21-24-13-15-51(16-14-24)38-11-9-35(40(47)56)48-49-38/h1,6,9,11,17-19,24,26-29,36H,2-5,7-8,10,12-16,21-23H2,(H2,47,56)/t26?,27-,28-,29?,36-/m1/s1. The van der Waals surface area contributed by atoms with Gasteiger partial charge in [-0.1, -0.05) is 11.6 Å². The molecule has 60 heavy (non-hydrogen) atoms. The minimum absolute atomic E-state index is 0.00275. The van der Waals surface area contributed by atoms with Crippen LogP contribution in [0.15, 0.2) is 42.5 Å². The summed E-state index contributed by atoms with van der Waals surface area (Å²) in [6.45, 7) is 4.08. The second kappa shape index (κ2) is 16.1. The number of imide groups is 2. The van der Waals surface area contributed by atoms with Crippen LogP contribution >= 0.6 is 11.6 Å². The van der Waals surface area contributed by atoms with Gasteiger partial charge in [-0.15, -0.1) is 10.2 Å². The Hall–Kier alpha value is -5.66. The highest BCUT2D eigenvalue weighted by Crippen LogP contribution is 2.41. The molecule has 2 bridgehead atoms. The Bertz CT molecular complexity index is 2280. The van der Waals surface area contributed by atoms with Crippen molar-refractivity contribution in [1.29, 1.82) is 5.26 Å². The smallest absolute Gasteiger partial charge is 0.269 e. The number of primary amides is 1. The first-order chi connectivity index (χ1) is 29.0. The number of fused-ring (bicyclic) bond motifs is 3. The summed E-state index contributed by atoms with van der Waals surface area (Å²) in [4.78, 5) is 75.5. The molecule has 3 aromatic rings. The van der Waals surface area contributed by atoms with Crippen molar-refractivity contribution in [3.05, 3.63) is 75.7 Å². The molecule has 2 aromatic carbocycles. The Morgan fingerprint density at radius 2 is 1.53 bits per heavy atom. The Labute approximate surface area is 351 Å². The van der Waals surface area contributed by atoms with Gasteiger partial charge in [0.2, 0.25) is 5.91 Å². The molecule has 1 saturated carbocycles. The Morgan fingerprint density at radius 1 is 0.850 bits per heavy atom. The number of rotatable bonds is 9. The number of carbonyl (C=O) groups is 5. The first-order valence-corrected chi connectivity index (χ1v) is 21.2. The molecule has 1 aliphatic carbocycles. The average molecular weight is 838 g/mol. The van der Waals surface area contributed by atoms with Crippen LogP contribution < -0.4 is 20.3 Å². The lowest BCUT2D eigenvalue weighted by atomic mass is 9.89. The molecular weight excluding hydrogens is 793 g/mol. The van der Waals surface area contributed by atoms with Crippen molar-refractivity contribution in [1.82, 2.24) is 24.9 Å². The molecular formula is C43H45ClFN9O6. The number of hydrogen-bond donors (Lipinski definition) is 1. The number of nitrogens with two attached hydrogens (primary N) is 1. The van der Waals surface area contributed by atoms with Gasteiger partial charge in [0.15, 0.2) is 11.5 Å². The lowest BCUT2D eigenvalue weighted by molar-refractivity contribution is -0.155. The van der Waals surface area contributed by atoms with Crippen molar-refractivity contribution in [2.24, 2.45) is 11.7 Å². The molecule has 1 aromatic heterocycles. The molecule has 0 radical (unpaired) electrons. The Balaban J connectivity index is 0.823. The number of likely N-dealkylation sites (tertiary alicyclic amines) is 2. The second-order valence-electron chi connectivity index (χ2n) is 16.9. The number of piperidine rings is 2. The minimum Gasteiger partial charge on any atom is -0.490 e. The third-order valence-corrected chi connectivity index (χ3v) is 13.6. The number of halogens is 2. The van der Waals surface area contributed by atoms with Gasteiger partial charge in [0.25, 0.3) is 23.6 Å². The van der Waals surface area contributed by atoms with Crippen LogP contribution in [0.5, 0.6) is 5.75 Å². The maximum absolute atomic E-state index is 16.1. The molecule has 312 valence electrons. The van der Waals surface area contributed by atoms with E-state index in [0.717, 1.165) is 75.2 Å². The summed E-state index contributed by atoms with van der Waals surface area (Å²) in [5, 5.41) is 17.6. The molecule has 5 aliphatic heterocycles. The molecule has 6 aliphatic rings. The molecule has 17 heteroatoms. The number of piperazine rings is 1. The van der Waals surface area contributed by atoms with Crippen molar-refractivity contribution in [3.8, 4) is 11.8 Å². The van der Waals surface area contributed by atoms with Crippen LogP contribution in [0, 0.1) is 23.1 Å². The Morgan fingerprint density at radius 3 is 2.17 bits per heavy atom. The number of nitrogens with zero attached hydrogens (tertiary/aromatic N) is 8. The second-order valence-corrected chi connectivity index (χ2v) is 17.3. The number of aromatic nitrogens is 2. The molecule has 9 rings (SSSR count). The number of amides is 5. The SMILES string of the molecule is N#Cc1ccc(OC2CCC(N3C(=O)CC[C@@H](N4C(=O)c5cc(F)c(N6[C@@H]7CC[C@@H]6CN(CC6CCN(c8ccc(C(N)=O)nn8)CC6)C7)cc5C4=O)C3=O)CC2)cc1Cl. The molecule has 4 saturated heterocycles. The summed E-state index contributed by atoms with van der Waals surface area (Å²) in [6.07, 6.45) is 5.62. The highest BCUT2D eigenvalue weighted by Gasteiger charge is 2.50. The van der Waals surface area contributed by atoms with Crippen LogP contribution in [0.1, 0.15) is 101 Å². The number of anilines is 2. The van der Waals surface area contributed by atoms with Crippen molar-refractivity contribution in [2.75, 3.05) is 42.5 Å². The summed E-state index contributed by atoms with van der Waals surface area (Å²) in [7, 11) is 0. The molecule has 5 fully saturated rings. The average Bonchev–Trinajstić information content (AvgIpc) is 3.64. The van der Waals surface area contributed by atoms with Crippen LogP contribution in [0.25, 0.3) is 0 Å². The van der Waals surface area contributed by atoms with Gasteiger partial charge in [0.05, 0.1) is 33.5 Å². The van der Waals surface area contributed by atoms with Gasteiger partial charge in [-0.25, -0.2) is 4.39 Å². The van der Waals surface area contributed by atoms with E-state index in [1.165, 1.54) is 11.0 Å². The van der Waals surface area contributed by atoms with Crippen molar-refractivity contribution < 1.29 is 33.1 Å². The predicted octanol–water partition coefficient (Wildman–Crippen LogP) is 4.31. The van der Waals surface area contributed by atoms with Crippen LogP contribution in [0.2, 0.25) is 5.02 Å². The summed E-state index contributed by atoms with van der Waals surface area (Å²) < 4.78 is 22.2. The van der Waals surface area contributed by atoms with E-state index in [-0.39, 0.29) is 53.8 Å². The van der Waals surface area contributed by atoms with Crippen LogP contribution in [0.4, 0.5) is 15.9 Å². The number of ether oxygens (including phenoxy) is 1. The van der Waals surface area contributed by atoms with Gasteiger partial charge < -0.3 is 20.3 Å². The van der Waals surface area contributed by atoms with Crippen LogP contribution in [-0.4, -0.2) is 117 Å². The zero-order valence-electron chi connectivity index (χ0n) is 33.0. The van der Waals surface area contributed by atoms with E-state index in [4.69, 9.17) is 27.3 Å². The fourth-order valence-corrected chi connectivity index (χ4v) is 10.5. The highest BCUT2D eigenvalue weighted by atomic mass is 35.5. The fourth-order valence-electron chi connectivity index (χ4n) is 10.3. The van der Waals surface area contributed by atoms with Gasteiger partial charge in [0, 0.05) is 63.3 Å². The van der Waals surface area contributed by atoms with Gasteiger partial charge in [-0.05, 0) is 100 Å². The maximum Gasteiger partial charge on any atom is 0.269 e. The molecule has 6 heterocycles.